The number of sulfonamides is 1. The fourth-order valence-corrected chi connectivity index (χ4v) is 4.29. The number of rotatable bonds is 8. The predicted molar refractivity (Wildman–Crippen MR) is 126 cm³/mol. The molecule has 0 aliphatic rings. The van der Waals surface area contributed by atoms with Crippen LogP contribution in [-0.4, -0.2) is 39.3 Å². The van der Waals surface area contributed by atoms with Crippen molar-refractivity contribution in [2.75, 3.05) is 25.6 Å². The molecule has 0 bridgehead atoms. The lowest BCUT2D eigenvalue weighted by Gasteiger charge is -2.19. The summed E-state index contributed by atoms with van der Waals surface area (Å²) < 4.78 is 32.6. The van der Waals surface area contributed by atoms with Crippen molar-refractivity contribution < 1.29 is 17.9 Å². The van der Waals surface area contributed by atoms with Crippen LogP contribution in [0.3, 0.4) is 0 Å². The topological polar surface area (TPSA) is 66.9 Å². The largest absolute Gasteiger partial charge is 0.484 e. The fraction of sp³-hybridized carbons (Fsp3) is 0.240. The van der Waals surface area contributed by atoms with Crippen LogP contribution in [0.5, 0.6) is 5.75 Å². The quantitative estimate of drug-likeness (QED) is 0.515. The van der Waals surface area contributed by atoms with Gasteiger partial charge in [-0.1, -0.05) is 36.4 Å². The van der Waals surface area contributed by atoms with Gasteiger partial charge in [-0.2, -0.15) is 4.31 Å². The van der Waals surface area contributed by atoms with Crippen molar-refractivity contribution in [1.29, 1.82) is 0 Å². The third-order valence-corrected chi connectivity index (χ3v) is 7.21. The first kappa shape index (κ1) is 23.5. The van der Waals surface area contributed by atoms with E-state index in [-0.39, 0.29) is 24.0 Å². The molecular formula is C25H28N2O4S. The lowest BCUT2D eigenvalue weighted by atomic mass is 10.1. The molecule has 3 rings (SSSR count). The first-order valence-corrected chi connectivity index (χ1v) is 11.7. The molecule has 0 heterocycles. The minimum absolute atomic E-state index is 0.149. The van der Waals surface area contributed by atoms with E-state index in [0.717, 1.165) is 22.4 Å². The number of benzene rings is 3. The SMILES string of the molecule is Cc1ccc(N(C)C(=O)COc2ccc(S(=O)(=O)N(C)Cc3ccccc3)cc2)cc1C. The van der Waals surface area contributed by atoms with Crippen LogP contribution in [-0.2, 0) is 21.4 Å². The Bertz CT molecular complexity index is 1180. The number of likely N-dealkylation sites (N-methyl/N-ethyl adjacent to an activating group) is 1. The van der Waals surface area contributed by atoms with Gasteiger partial charge in [-0.25, -0.2) is 8.42 Å². The number of anilines is 1. The summed E-state index contributed by atoms with van der Waals surface area (Å²) in [4.78, 5) is 14.2. The molecule has 0 aliphatic heterocycles. The summed E-state index contributed by atoms with van der Waals surface area (Å²) in [6.45, 7) is 4.15. The summed E-state index contributed by atoms with van der Waals surface area (Å²) in [5, 5.41) is 0. The van der Waals surface area contributed by atoms with E-state index >= 15 is 0 Å². The van der Waals surface area contributed by atoms with Gasteiger partial charge < -0.3 is 9.64 Å². The van der Waals surface area contributed by atoms with Gasteiger partial charge in [-0.05, 0) is 66.9 Å². The molecular weight excluding hydrogens is 424 g/mol. The summed E-state index contributed by atoms with van der Waals surface area (Å²) in [6.07, 6.45) is 0. The highest BCUT2D eigenvalue weighted by molar-refractivity contribution is 7.89. The highest BCUT2D eigenvalue weighted by Gasteiger charge is 2.21. The zero-order valence-corrected chi connectivity index (χ0v) is 19.6. The van der Waals surface area contributed by atoms with Crippen molar-refractivity contribution in [1.82, 2.24) is 4.31 Å². The first-order chi connectivity index (χ1) is 15.2. The van der Waals surface area contributed by atoms with Crippen molar-refractivity contribution in [3.05, 3.63) is 89.5 Å². The Kier molecular flexibility index (Phi) is 7.33. The molecule has 0 spiro atoms. The molecule has 0 atom stereocenters. The number of carbonyl (C=O) groups excluding carboxylic acids is 1. The van der Waals surface area contributed by atoms with E-state index in [1.807, 2.05) is 62.4 Å². The molecule has 0 saturated heterocycles. The Morgan fingerprint density at radius 2 is 1.53 bits per heavy atom. The average molecular weight is 453 g/mol. The van der Waals surface area contributed by atoms with Crippen LogP contribution in [0.4, 0.5) is 5.69 Å². The van der Waals surface area contributed by atoms with Gasteiger partial charge in [0.25, 0.3) is 5.91 Å². The molecule has 0 N–H and O–H groups in total. The summed E-state index contributed by atoms with van der Waals surface area (Å²) in [7, 11) is -0.388. The number of carbonyl (C=O) groups is 1. The zero-order valence-electron chi connectivity index (χ0n) is 18.8. The standard InChI is InChI=1S/C25H28N2O4S/c1-19-10-11-22(16-20(19)2)27(4)25(28)18-31-23-12-14-24(15-13-23)32(29,30)26(3)17-21-8-6-5-7-9-21/h5-16H,17-18H2,1-4H3. The number of ether oxygens (including phenoxy) is 1. The van der Waals surface area contributed by atoms with Gasteiger partial charge in [0.1, 0.15) is 5.75 Å². The average Bonchev–Trinajstić information content (AvgIpc) is 2.79. The molecule has 168 valence electrons. The number of amides is 1. The lowest BCUT2D eigenvalue weighted by molar-refractivity contribution is -0.120. The van der Waals surface area contributed by atoms with Crippen molar-refractivity contribution in [2.45, 2.75) is 25.3 Å². The Morgan fingerprint density at radius 1 is 0.875 bits per heavy atom. The number of nitrogens with zero attached hydrogens (tertiary/aromatic N) is 2. The zero-order chi connectivity index (χ0) is 23.3. The van der Waals surface area contributed by atoms with E-state index in [9.17, 15) is 13.2 Å². The molecule has 3 aromatic rings. The Hall–Kier alpha value is -3.16. The molecule has 0 saturated carbocycles. The van der Waals surface area contributed by atoms with Gasteiger partial charge in [-0.15, -0.1) is 0 Å². The molecule has 3 aromatic carbocycles. The maximum atomic E-state index is 12.8. The van der Waals surface area contributed by atoms with Crippen LogP contribution in [0.2, 0.25) is 0 Å². The minimum Gasteiger partial charge on any atom is -0.484 e. The smallest absolute Gasteiger partial charge is 0.264 e. The summed E-state index contributed by atoms with van der Waals surface area (Å²) in [6, 6.07) is 21.3. The van der Waals surface area contributed by atoms with Gasteiger partial charge in [0, 0.05) is 26.3 Å². The lowest BCUT2D eigenvalue weighted by Crippen LogP contribution is -2.31. The van der Waals surface area contributed by atoms with E-state index < -0.39 is 10.0 Å². The maximum absolute atomic E-state index is 12.8. The van der Waals surface area contributed by atoms with E-state index in [4.69, 9.17) is 4.74 Å². The van der Waals surface area contributed by atoms with Crippen molar-refractivity contribution in [3.8, 4) is 5.75 Å². The third kappa shape index (κ3) is 5.55. The van der Waals surface area contributed by atoms with E-state index in [1.165, 1.54) is 16.4 Å². The third-order valence-electron chi connectivity index (χ3n) is 5.39. The minimum atomic E-state index is -3.64. The van der Waals surface area contributed by atoms with Gasteiger partial charge in [0.05, 0.1) is 4.90 Å². The van der Waals surface area contributed by atoms with Gasteiger partial charge >= 0.3 is 0 Å². The second-order valence-corrected chi connectivity index (χ2v) is 9.77. The fourth-order valence-electron chi connectivity index (χ4n) is 3.13. The second-order valence-electron chi connectivity index (χ2n) is 7.73. The number of hydrogen-bond acceptors (Lipinski definition) is 4. The summed E-state index contributed by atoms with van der Waals surface area (Å²) in [5.41, 5.74) is 3.97. The summed E-state index contributed by atoms with van der Waals surface area (Å²) in [5.74, 6) is 0.226. The van der Waals surface area contributed by atoms with E-state index in [2.05, 4.69) is 0 Å². The maximum Gasteiger partial charge on any atom is 0.264 e. The van der Waals surface area contributed by atoms with Crippen molar-refractivity contribution >= 4 is 21.6 Å². The molecule has 0 fully saturated rings. The summed E-state index contributed by atoms with van der Waals surface area (Å²) >= 11 is 0. The van der Waals surface area contributed by atoms with Gasteiger partial charge in [0.2, 0.25) is 10.0 Å². The Morgan fingerprint density at radius 3 is 2.16 bits per heavy atom. The van der Waals surface area contributed by atoms with Crippen molar-refractivity contribution in [2.24, 2.45) is 0 Å². The molecule has 0 aromatic heterocycles. The molecule has 0 radical (unpaired) electrons. The number of aryl methyl sites for hydroxylation is 2. The normalized spacial score (nSPS) is 11.4. The molecule has 1 amide bonds. The molecule has 0 unspecified atom stereocenters. The van der Waals surface area contributed by atoms with E-state index in [1.54, 1.807) is 31.1 Å². The predicted octanol–water partition coefficient (Wildman–Crippen LogP) is 4.17. The Balaban J connectivity index is 1.61. The molecule has 6 nitrogen and oxygen atoms in total. The molecule has 0 aliphatic carbocycles. The monoisotopic (exact) mass is 452 g/mol. The van der Waals surface area contributed by atoms with Crippen LogP contribution >= 0.6 is 0 Å². The number of hydrogen-bond donors (Lipinski definition) is 0. The highest BCUT2D eigenvalue weighted by Crippen LogP contribution is 2.21. The van der Waals surface area contributed by atoms with Crippen LogP contribution in [0.15, 0.2) is 77.7 Å². The highest BCUT2D eigenvalue weighted by atomic mass is 32.2. The van der Waals surface area contributed by atoms with Crippen LogP contribution in [0.1, 0.15) is 16.7 Å². The van der Waals surface area contributed by atoms with Crippen LogP contribution in [0, 0.1) is 13.8 Å². The van der Waals surface area contributed by atoms with Crippen molar-refractivity contribution in [3.63, 3.8) is 0 Å². The van der Waals surface area contributed by atoms with Gasteiger partial charge in [-0.3, -0.25) is 4.79 Å². The molecule has 32 heavy (non-hydrogen) atoms. The van der Waals surface area contributed by atoms with Crippen LogP contribution in [0.25, 0.3) is 0 Å². The van der Waals surface area contributed by atoms with Gasteiger partial charge in [0.15, 0.2) is 6.61 Å². The molecule has 7 heteroatoms. The van der Waals surface area contributed by atoms with E-state index in [0.29, 0.717) is 5.75 Å². The first-order valence-electron chi connectivity index (χ1n) is 10.3. The second kappa shape index (κ2) is 9.97. The Labute approximate surface area is 190 Å². The van der Waals surface area contributed by atoms with Crippen LogP contribution < -0.4 is 9.64 Å².